The van der Waals surface area contributed by atoms with Gasteiger partial charge in [0.05, 0.1) is 0 Å². The molecule has 0 aliphatic heterocycles. The molecular formula is C15H19N5O. The molecule has 6 nitrogen and oxygen atoms in total. The second-order valence-corrected chi connectivity index (χ2v) is 5.16. The topological polar surface area (TPSA) is 79.8 Å². The van der Waals surface area contributed by atoms with Crippen molar-refractivity contribution < 1.29 is 4.79 Å². The first-order valence-corrected chi connectivity index (χ1v) is 6.90. The number of amides is 1. The summed E-state index contributed by atoms with van der Waals surface area (Å²) in [4.78, 5) is 15.6. The molecule has 1 amide bonds. The molecule has 21 heavy (non-hydrogen) atoms. The van der Waals surface area contributed by atoms with Gasteiger partial charge in [-0.15, -0.1) is 10.2 Å². The van der Waals surface area contributed by atoms with Crippen LogP contribution in [-0.4, -0.2) is 21.1 Å². The Morgan fingerprint density at radius 3 is 2.38 bits per heavy atom. The van der Waals surface area contributed by atoms with Gasteiger partial charge < -0.3 is 10.6 Å². The quantitative estimate of drug-likeness (QED) is 0.852. The van der Waals surface area contributed by atoms with Crippen molar-refractivity contribution in [2.24, 2.45) is 5.92 Å². The largest absolute Gasteiger partial charge is 0.365 e. The lowest BCUT2D eigenvalue weighted by molar-refractivity contribution is -0.116. The highest BCUT2D eigenvalue weighted by atomic mass is 16.1. The van der Waals surface area contributed by atoms with E-state index in [9.17, 15) is 4.79 Å². The predicted octanol–water partition coefficient (Wildman–Crippen LogP) is 2.47. The van der Waals surface area contributed by atoms with Crippen LogP contribution in [0.3, 0.4) is 0 Å². The second kappa shape index (κ2) is 7.33. The highest BCUT2D eigenvalue weighted by Gasteiger charge is 2.06. The fourth-order valence-electron chi connectivity index (χ4n) is 1.75. The van der Waals surface area contributed by atoms with Crippen LogP contribution in [0.25, 0.3) is 0 Å². The summed E-state index contributed by atoms with van der Waals surface area (Å²) >= 11 is 0. The number of carbonyl (C=O) groups is 1. The van der Waals surface area contributed by atoms with Crippen molar-refractivity contribution in [1.29, 1.82) is 0 Å². The zero-order valence-electron chi connectivity index (χ0n) is 12.2. The highest BCUT2D eigenvalue weighted by Crippen LogP contribution is 2.09. The molecule has 2 aromatic rings. The van der Waals surface area contributed by atoms with Crippen LogP contribution in [0, 0.1) is 5.92 Å². The second-order valence-electron chi connectivity index (χ2n) is 5.16. The highest BCUT2D eigenvalue weighted by molar-refractivity contribution is 5.89. The maximum Gasteiger partial charge on any atom is 0.225 e. The van der Waals surface area contributed by atoms with Crippen LogP contribution in [0.2, 0.25) is 0 Å². The number of anilines is 2. The van der Waals surface area contributed by atoms with Crippen LogP contribution in [0.5, 0.6) is 0 Å². The van der Waals surface area contributed by atoms with Gasteiger partial charge in [0.2, 0.25) is 5.91 Å². The monoisotopic (exact) mass is 285 g/mol. The van der Waals surface area contributed by atoms with Crippen molar-refractivity contribution in [3.05, 3.63) is 42.2 Å². The minimum absolute atomic E-state index is 0.0446. The molecule has 0 aliphatic carbocycles. The van der Waals surface area contributed by atoms with Crippen LogP contribution < -0.4 is 10.6 Å². The van der Waals surface area contributed by atoms with E-state index in [1.165, 1.54) is 0 Å². The van der Waals surface area contributed by atoms with Crippen LogP contribution >= 0.6 is 0 Å². The molecule has 0 fully saturated rings. The number of pyridine rings is 1. The van der Waals surface area contributed by atoms with Gasteiger partial charge >= 0.3 is 0 Å². The van der Waals surface area contributed by atoms with E-state index in [4.69, 9.17) is 0 Å². The lowest BCUT2D eigenvalue weighted by Gasteiger charge is -2.07. The third-order valence-electron chi connectivity index (χ3n) is 2.75. The normalized spacial score (nSPS) is 10.4. The summed E-state index contributed by atoms with van der Waals surface area (Å²) in [6.07, 6.45) is 3.97. The van der Waals surface area contributed by atoms with E-state index < -0.39 is 0 Å². The number of nitrogens with zero attached hydrogens (tertiary/aromatic N) is 3. The minimum Gasteiger partial charge on any atom is -0.365 e. The predicted molar refractivity (Wildman–Crippen MR) is 81.7 cm³/mol. The molecular weight excluding hydrogens is 266 g/mol. The van der Waals surface area contributed by atoms with Crippen LogP contribution in [0.15, 0.2) is 36.7 Å². The van der Waals surface area contributed by atoms with Gasteiger partial charge in [0.25, 0.3) is 0 Å². The zero-order valence-corrected chi connectivity index (χ0v) is 12.2. The summed E-state index contributed by atoms with van der Waals surface area (Å²) in [5.74, 6) is 1.40. The summed E-state index contributed by atoms with van der Waals surface area (Å²) in [7, 11) is 0. The smallest absolute Gasteiger partial charge is 0.225 e. The Labute approximate surface area is 124 Å². The molecule has 0 radical (unpaired) electrons. The fraction of sp³-hybridized carbons (Fsp3) is 0.333. The Morgan fingerprint density at radius 2 is 1.76 bits per heavy atom. The van der Waals surface area contributed by atoms with E-state index in [1.807, 2.05) is 26.0 Å². The summed E-state index contributed by atoms with van der Waals surface area (Å²) in [5, 5.41) is 13.9. The van der Waals surface area contributed by atoms with Crippen LogP contribution in [0.4, 0.5) is 11.6 Å². The van der Waals surface area contributed by atoms with Crippen molar-refractivity contribution in [3.63, 3.8) is 0 Å². The number of carbonyl (C=O) groups excluding carboxylic acids is 1. The number of hydrogen-bond acceptors (Lipinski definition) is 5. The first kappa shape index (κ1) is 14.9. The van der Waals surface area contributed by atoms with Gasteiger partial charge in [-0.1, -0.05) is 13.8 Å². The SMILES string of the molecule is CC(C)CC(=O)Nc1ccc(NCc2ccncc2)nn1. The zero-order chi connectivity index (χ0) is 15.1. The van der Waals surface area contributed by atoms with Crippen molar-refractivity contribution >= 4 is 17.5 Å². The molecule has 2 rings (SSSR count). The Balaban J connectivity index is 1.86. The first-order chi connectivity index (χ1) is 10.1. The Bertz CT molecular complexity index is 568. The summed E-state index contributed by atoms with van der Waals surface area (Å²) in [6.45, 7) is 4.64. The summed E-state index contributed by atoms with van der Waals surface area (Å²) in [5.41, 5.74) is 1.11. The van der Waals surface area contributed by atoms with Gasteiger partial charge in [0.1, 0.15) is 5.82 Å². The number of hydrogen-bond donors (Lipinski definition) is 2. The third kappa shape index (κ3) is 5.18. The first-order valence-electron chi connectivity index (χ1n) is 6.90. The molecule has 0 spiro atoms. The Morgan fingerprint density at radius 1 is 1.10 bits per heavy atom. The van der Waals surface area contributed by atoms with Gasteiger partial charge in [-0.25, -0.2) is 0 Å². The molecule has 0 atom stereocenters. The van der Waals surface area contributed by atoms with E-state index in [0.717, 1.165) is 5.56 Å². The lowest BCUT2D eigenvalue weighted by Crippen LogP contribution is -2.15. The minimum atomic E-state index is -0.0446. The van der Waals surface area contributed by atoms with E-state index in [-0.39, 0.29) is 5.91 Å². The summed E-state index contributed by atoms with van der Waals surface area (Å²) < 4.78 is 0. The van der Waals surface area contributed by atoms with Crippen molar-refractivity contribution in [2.45, 2.75) is 26.8 Å². The van der Waals surface area contributed by atoms with E-state index >= 15 is 0 Å². The van der Waals surface area contributed by atoms with Gasteiger partial charge in [-0.3, -0.25) is 9.78 Å². The number of nitrogens with one attached hydrogen (secondary N) is 2. The molecule has 110 valence electrons. The molecule has 2 N–H and O–H groups in total. The van der Waals surface area contributed by atoms with Gasteiger partial charge in [-0.05, 0) is 35.7 Å². The molecule has 6 heteroatoms. The molecule has 0 unspecified atom stereocenters. The molecule has 0 saturated heterocycles. The number of rotatable bonds is 6. The molecule has 2 heterocycles. The van der Waals surface area contributed by atoms with Crippen molar-refractivity contribution in [2.75, 3.05) is 10.6 Å². The Kier molecular flexibility index (Phi) is 5.20. The average Bonchev–Trinajstić information content (AvgIpc) is 2.47. The molecule has 0 aliphatic rings. The van der Waals surface area contributed by atoms with E-state index in [1.54, 1.807) is 24.5 Å². The summed E-state index contributed by atoms with van der Waals surface area (Å²) in [6, 6.07) is 7.39. The van der Waals surface area contributed by atoms with Crippen molar-refractivity contribution in [1.82, 2.24) is 15.2 Å². The van der Waals surface area contributed by atoms with Gasteiger partial charge in [0, 0.05) is 25.4 Å². The molecule has 0 aromatic carbocycles. The lowest BCUT2D eigenvalue weighted by atomic mass is 10.1. The molecule has 0 saturated carbocycles. The van der Waals surface area contributed by atoms with Crippen LogP contribution in [0.1, 0.15) is 25.8 Å². The molecule has 0 bridgehead atoms. The van der Waals surface area contributed by atoms with E-state index in [0.29, 0.717) is 30.5 Å². The standard InChI is InChI=1S/C15H19N5O/c1-11(2)9-15(21)18-14-4-3-13(19-20-14)17-10-12-5-7-16-8-6-12/h3-8,11H,9-10H2,1-2H3,(H,17,19)(H,18,20,21). The average molecular weight is 285 g/mol. The van der Waals surface area contributed by atoms with Crippen molar-refractivity contribution in [3.8, 4) is 0 Å². The van der Waals surface area contributed by atoms with Crippen LogP contribution in [-0.2, 0) is 11.3 Å². The number of aromatic nitrogens is 3. The van der Waals surface area contributed by atoms with Gasteiger partial charge in [0.15, 0.2) is 5.82 Å². The third-order valence-corrected chi connectivity index (χ3v) is 2.75. The van der Waals surface area contributed by atoms with Gasteiger partial charge in [-0.2, -0.15) is 0 Å². The van der Waals surface area contributed by atoms with E-state index in [2.05, 4.69) is 25.8 Å². The Hall–Kier alpha value is -2.50. The maximum atomic E-state index is 11.6. The maximum absolute atomic E-state index is 11.6. The molecule has 2 aromatic heterocycles. The fourth-order valence-corrected chi connectivity index (χ4v) is 1.75.